The van der Waals surface area contributed by atoms with Gasteiger partial charge in [-0.2, -0.15) is 0 Å². The lowest BCUT2D eigenvalue weighted by atomic mass is 9.92. The van der Waals surface area contributed by atoms with Gasteiger partial charge < -0.3 is 26.0 Å². The molecule has 0 aliphatic heterocycles. The molecule has 0 saturated carbocycles. The molecule has 3 aromatic rings. The van der Waals surface area contributed by atoms with Gasteiger partial charge in [0.25, 0.3) is 0 Å². The molecule has 32 heavy (non-hydrogen) atoms. The van der Waals surface area contributed by atoms with Crippen LogP contribution in [0.25, 0.3) is 0 Å². The van der Waals surface area contributed by atoms with Crippen LogP contribution in [0.4, 0.5) is 4.79 Å². The van der Waals surface area contributed by atoms with Crippen LogP contribution in [0.2, 0.25) is 0 Å². The normalized spacial score (nSPS) is 14.7. The molecule has 5 N–H and O–H groups in total. The van der Waals surface area contributed by atoms with Crippen LogP contribution < -0.4 is 11.1 Å². The maximum atomic E-state index is 12.4. The smallest absolute Gasteiger partial charge is 0.407 e. The Morgan fingerprint density at radius 2 is 1.22 bits per heavy atom. The van der Waals surface area contributed by atoms with E-state index < -0.39 is 30.4 Å². The lowest BCUT2D eigenvalue weighted by Crippen LogP contribution is -2.55. The molecule has 6 heteroatoms. The van der Waals surface area contributed by atoms with E-state index in [1.54, 1.807) is 0 Å². The number of alkyl carbamates (subject to hydrolysis) is 1. The molecular weight excluding hydrogens is 404 g/mol. The number of hydrogen-bond donors (Lipinski definition) is 4. The van der Waals surface area contributed by atoms with E-state index in [4.69, 9.17) is 10.5 Å². The second-order valence-corrected chi connectivity index (χ2v) is 7.84. The minimum Gasteiger partial charge on any atom is -0.445 e. The molecule has 0 fully saturated rings. The van der Waals surface area contributed by atoms with Crippen LogP contribution in [0, 0.1) is 0 Å². The number of carbonyl (C=O) groups is 1. The van der Waals surface area contributed by atoms with E-state index >= 15 is 0 Å². The molecule has 0 bridgehead atoms. The first-order valence-corrected chi connectivity index (χ1v) is 10.7. The summed E-state index contributed by atoms with van der Waals surface area (Å²) in [4.78, 5) is 12.4. The fourth-order valence-corrected chi connectivity index (χ4v) is 3.54. The van der Waals surface area contributed by atoms with Crippen molar-refractivity contribution in [2.45, 2.75) is 43.7 Å². The molecule has 1 amide bonds. The molecule has 0 heterocycles. The number of aliphatic hydroxyl groups is 2. The topological polar surface area (TPSA) is 105 Å². The Hall–Kier alpha value is -3.19. The Morgan fingerprint density at radius 3 is 1.75 bits per heavy atom. The highest BCUT2D eigenvalue weighted by Gasteiger charge is 2.32. The minimum atomic E-state index is -1.28. The van der Waals surface area contributed by atoms with Gasteiger partial charge >= 0.3 is 6.09 Å². The van der Waals surface area contributed by atoms with Gasteiger partial charge in [0.15, 0.2) is 0 Å². The van der Waals surface area contributed by atoms with Crippen molar-refractivity contribution in [3.63, 3.8) is 0 Å². The van der Waals surface area contributed by atoms with Gasteiger partial charge in [0.05, 0.1) is 12.1 Å². The van der Waals surface area contributed by atoms with Gasteiger partial charge in [-0.3, -0.25) is 0 Å². The van der Waals surface area contributed by atoms with Gasteiger partial charge in [-0.15, -0.1) is 0 Å². The molecule has 3 rings (SSSR count). The van der Waals surface area contributed by atoms with Crippen molar-refractivity contribution in [3.8, 4) is 0 Å². The monoisotopic (exact) mass is 434 g/mol. The summed E-state index contributed by atoms with van der Waals surface area (Å²) in [6.45, 7) is 0.108. The number of hydrogen-bond acceptors (Lipinski definition) is 5. The van der Waals surface area contributed by atoms with E-state index in [9.17, 15) is 15.0 Å². The third-order valence-electron chi connectivity index (χ3n) is 5.33. The summed E-state index contributed by atoms with van der Waals surface area (Å²) >= 11 is 0. The first kappa shape index (κ1) is 23.5. The molecule has 0 aromatic heterocycles. The van der Waals surface area contributed by atoms with Crippen LogP contribution in [-0.2, 0) is 24.2 Å². The molecule has 168 valence electrons. The molecule has 3 aromatic carbocycles. The molecule has 0 saturated heterocycles. The number of benzene rings is 3. The molecule has 6 nitrogen and oxygen atoms in total. The van der Waals surface area contributed by atoms with Crippen molar-refractivity contribution < 1.29 is 19.7 Å². The van der Waals surface area contributed by atoms with E-state index in [0.717, 1.165) is 16.7 Å². The molecular formula is C26H30N2O4. The van der Waals surface area contributed by atoms with Gasteiger partial charge in [0, 0.05) is 6.04 Å². The molecule has 0 unspecified atom stereocenters. The van der Waals surface area contributed by atoms with Crippen LogP contribution in [0.5, 0.6) is 0 Å². The van der Waals surface area contributed by atoms with Crippen molar-refractivity contribution in [2.24, 2.45) is 5.73 Å². The highest BCUT2D eigenvalue weighted by Crippen LogP contribution is 2.14. The predicted octanol–water partition coefficient (Wildman–Crippen LogP) is 2.82. The zero-order valence-electron chi connectivity index (χ0n) is 17.9. The minimum absolute atomic E-state index is 0.108. The third kappa shape index (κ3) is 7.20. The van der Waals surface area contributed by atoms with Crippen LogP contribution in [0.15, 0.2) is 91.0 Å². The average Bonchev–Trinajstić information content (AvgIpc) is 2.83. The Kier molecular flexibility index (Phi) is 8.80. The fourth-order valence-electron chi connectivity index (χ4n) is 3.54. The van der Waals surface area contributed by atoms with Crippen LogP contribution in [-0.4, -0.2) is 40.6 Å². The Morgan fingerprint density at radius 1 is 0.750 bits per heavy atom. The number of carbonyl (C=O) groups excluding carboxylic acids is 1. The molecule has 0 spiro atoms. The van der Waals surface area contributed by atoms with E-state index in [0.29, 0.717) is 12.8 Å². The number of aliphatic hydroxyl groups excluding tert-OH is 2. The van der Waals surface area contributed by atoms with E-state index in [2.05, 4.69) is 5.32 Å². The average molecular weight is 435 g/mol. The second kappa shape index (κ2) is 12.0. The SMILES string of the molecule is N[C@@H](Cc1ccccc1)[C@@H](O)[C@@H](O)[C@H](Cc1ccccc1)NC(=O)OCc1ccccc1. The van der Waals surface area contributed by atoms with Crippen LogP contribution in [0.1, 0.15) is 16.7 Å². The quantitative estimate of drug-likeness (QED) is 0.393. The summed E-state index contributed by atoms with van der Waals surface area (Å²) in [5.74, 6) is 0. The lowest BCUT2D eigenvalue weighted by Gasteiger charge is -2.30. The van der Waals surface area contributed by atoms with E-state index in [1.807, 2.05) is 91.0 Å². The summed E-state index contributed by atoms with van der Waals surface area (Å²) in [5, 5.41) is 24.4. The maximum absolute atomic E-state index is 12.4. The first-order chi connectivity index (χ1) is 15.5. The molecule has 4 atom stereocenters. The molecule has 0 aliphatic rings. The maximum Gasteiger partial charge on any atom is 0.407 e. The number of ether oxygens (including phenoxy) is 1. The van der Waals surface area contributed by atoms with Gasteiger partial charge in [-0.25, -0.2) is 4.79 Å². The van der Waals surface area contributed by atoms with Gasteiger partial charge in [0.1, 0.15) is 12.7 Å². The van der Waals surface area contributed by atoms with E-state index in [-0.39, 0.29) is 6.61 Å². The van der Waals surface area contributed by atoms with Crippen molar-refractivity contribution in [1.29, 1.82) is 0 Å². The molecule has 0 aliphatic carbocycles. The Labute approximate surface area is 188 Å². The Balaban J connectivity index is 1.65. The number of nitrogens with one attached hydrogen (secondary N) is 1. The third-order valence-corrected chi connectivity index (χ3v) is 5.33. The fraction of sp³-hybridized carbons (Fsp3) is 0.269. The summed E-state index contributed by atoms with van der Waals surface area (Å²) in [5.41, 5.74) is 8.91. The second-order valence-electron chi connectivity index (χ2n) is 7.84. The zero-order valence-corrected chi connectivity index (χ0v) is 17.9. The predicted molar refractivity (Wildman–Crippen MR) is 124 cm³/mol. The Bertz CT molecular complexity index is 938. The summed E-state index contributed by atoms with van der Waals surface area (Å²) in [7, 11) is 0. The number of amides is 1. The van der Waals surface area contributed by atoms with Crippen molar-refractivity contribution >= 4 is 6.09 Å². The summed E-state index contributed by atoms with van der Waals surface area (Å²) < 4.78 is 5.31. The van der Waals surface area contributed by atoms with Gasteiger partial charge in [-0.05, 0) is 29.5 Å². The number of rotatable bonds is 10. The summed E-state index contributed by atoms with van der Waals surface area (Å²) in [6, 6.07) is 26.8. The largest absolute Gasteiger partial charge is 0.445 e. The van der Waals surface area contributed by atoms with Crippen molar-refractivity contribution in [3.05, 3.63) is 108 Å². The first-order valence-electron chi connectivity index (χ1n) is 10.7. The van der Waals surface area contributed by atoms with Gasteiger partial charge in [-0.1, -0.05) is 91.0 Å². The van der Waals surface area contributed by atoms with E-state index in [1.165, 1.54) is 0 Å². The standard InChI is InChI=1S/C26H30N2O4/c27-22(16-19-10-4-1-5-11-19)24(29)25(30)23(17-20-12-6-2-7-13-20)28-26(31)32-18-21-14-8-3-9-15-21/h1-15,22-25,29-30H,16-18,27H2,(H,28,31)/t22-,23-,24+,25-/m0/s1. The number of nitrogens with two attached hydrogens (primary N) is 1. The summed E-state index contributed by atoms with van der Waals surface area (Å²) in [6.07, 6.45) is -2.47. The molecule has 0 radical (unpaired) electrons. The highest BCUT2D eigenvalue weighted by atomic mass is 16.5. The highest BCUT2D eigenvalue weighted by molar-refractivity contribution is 5.67. The van der Waals surface area contributed by atoms with Crippen molar-refractivity contribution in [2.75, 3.05) is 0 Å². The van der Waals surface area contributed by atoms with Crippen molar-refractivity contribution in [1.82, 2.24) is 5.32 Å². The zero-order chi connectivity index (χ0) is 22.8. The van der Waals surface area contributed by atoms with Gasteiger partial charge in [0.2, 0.25) is 0 Å². The van der Waals surface area contributed by atoms with Crippen LogP contribution >= 0.6 is 0 Å². The van der Waals surface area contributed by atoms with Crippen LogP contribution in [0.3, 0.4) is 0 Å². The lowest BCUT2D eigenvalue weighted by molar-refractivity contribution is -0.0172.